The second kappa shape index (κ2) is 5.19. The number of hydrogen-bond acceptors (Lipinski definition) is 3. The first-order valence-electron chi connectivity index (χ1n) is 5.85. The molecule has 1 aliphatic rings. The molecular formula is C13H17NO3. The van der Waals surface area contributed by atoms with Gasteiger partial charge in [-0.3, -0.25) is 0 Å². The molecule has 2 unspecified atom stereocenters. The molecule has 0 aromatic heterocycles. The summed E-state index contributed by atoms with van der Waals surface area (Å²) in [5.74, 6) is 0. The lowest BCUT2D eigenvalue weighted by Gasteiger charge is -2.32. The molecular weight excluding hydrogens is 218 g/mol. The summed E-state index contributed by atoms with van der Waals surface area (Å²) in [5.41, 5.74) is 1.03. The maximum Gasteiger partial charge on any atom is 0.410 e. The van der Waals surface area contributed by atoms with Gasteiger partial charge >= 0.3 is 6.09 Å². The largest absolute Gasteiger partial charge is 0.441 e. The maximum atomic E-state index is 11.7. The van der Waals surface area contributed by atoms with Gasteiger partial charge in [-0.2, -0.15) is 0 Å². The Morgan fingerprint density at radius 1 is 1.47 bits per heavy atom. The van der Waals surface area contributed by atoms with Crippen LogP contribution in [0.1, 0.15) is 25.0 Å². The lowest BCUT2D eigenvalue weighted by atomic mass is 10.1. The van der Waals surface area contributed by atoms with Crippen LogP contribution in [0.4, 0.5) is 4.79 Å². The van der Waals surface area contributed by atoms with Crippen LogP contribution in [-0.2, 0) is 4.74 Å². The maximum absolute atomic E-state index is 11.7. The molecule has 1 aromatic carbocycles. The van der Waals surface area contributed by atoms with E-state index in [9.17, 15) is 9.90 Å². The zero-order valence-electron chi connectivity index (χ0n) is 9.87. The number of carbonyl (C=O) groups is 1. The number of rotatable bonds is 3. The smallest absolute Gasteiger partial charge is 0.410 e. The van der Waals surface area contributed by atoms with Crippen LogP contribution in [0.5, 0.6) is 0 Å². The minimum Gasteiger partial charge on any atom is -0.441 e. The number of nitrogens with zero attached hydrogens (tertiary/aromatic N) is 1. The number of aliphatic hydroxyl groups is 1. The van der Waals surface area contributed by atoms with Crippen LogP contribution in [-0.4, -0.2) is 35.3 Å². The van der Waals surface area contributed by atoms with Crippen LogP contribution < -0.4 is 0 Å². The Labute approximate surface area is 101 Å². The number of amides is 1. The Balaban J connectivity index is 1.98. The van der Waals surface area contributed by atoms with Gasteiger partial charge in [0.25, 0.3) is 0 Å². The number of cyclic esters (lactones) is 1. The lowest BCUT2D eigenvalue weighted by Crippen LogP contribution is -2.42. The fraction of sp³-hybridized carbons (Fsp3) is 0.462. The van der Waals surface area contributed by atoms with Crippen LogP contribution >= 0.6 is 0 Å². The van der Waals surface area contributed by atoms with E-state index >= 15 is 0 Å². The molecule has 2 rings (SSSR count). The number of carbonyl (C=O) groups excluding carboxylic acids is 1. The molecule has 0 saturated carbocycles. The Morgan fingerprint density at radius 2 is 2.18 bits per heavy atom. The first-order chi connectivity index (χ1) is 8.16. The first-order valence-corrected chi connectivity index (χ1v) is 5.85. The molecule has 4 nitrogen and oxygen atoms in total. The fourth-order valence-corrected chi connectivity index (χ4v) is 2.01. The van der Waals surface area contributed by atoms with Gasteiger partial charge in [0.2, 0.25) is 0 Å². The third kappa shape index (κ3) is 2.97. The highest BCUT2D eigenvalue weighted by Crippen LogP contribution is 2.26. The third-order valence-electron chi connectivity index (χ3n) is 2.82. The minimum absolute atomic E-state index is 0.158. The van der Waals surface area contributed by atoms with Crippen molar-refractivity contribution in [3.63, 3.8) is 0 Å². The molecule has 17 heavy (non-hydrogen) atoms. The molecule has 1 fully saturated rings. The standard InChI is InChI=1S/C13H17NO3/c1-10(15)9-14-8-7-12(17-13(14)16)11-5-3-2-4-6-11/h2-6,10,12,15H,7-9H2,1H3. The molecule has 1 aromatic rings. The van der Waals surface area contributed by atoms with Crippen LogP contribution in [0, 0.1) is 0 Å². The SMILES string of the molecule is CC(O)CN1CCC(c2ccccc2)OC1=O. The highest BCUT2D eigenvalue weighted by Gasteiger charge is 2.28. The summed E-state index contributed by atoms with van der Waals surface area (Å²) in [6, 6.07) is 9.73. The number of ether oxygens (including phenoxy) is 1. The summed E-state index contributed by atoms with van der Waals surface area (Å²) >= 11 is 0. The van der Waals surface area contributed by atoms with E-state index < -0.39 is 6.10 Å². The number of β-amino-alcohol motifs (C(OH)–C–C–N with tert-alkyl or cyclic N) is 1. The van der Waals surface area contributed by atoms with E-state index in [1.807, 2.05) is 30.3 Å². The van der Waals surface area contributed by atoms with E-state index in [4.69, 9.17) is 4.74 Å². The van der Waals surface area contributed by atoms with Crippen molar-refractivity contribution in [2.75, 3.05) is 13.1 Å². The van der Waals surface area contributed by atoms with Gasteiger partial charge in [-0.05, 0) is 12.5 Å². The van der Waals surface area contributed by atoms with E-state index in [0.29, 0.717) is 13.1 Å². The molecule has 0 bridgehead atoms. The summed E-state index contributed by atoms with van der Waals surface area (Å²) in [6.45, 7) is 2.63. The average Bonchev–Trinajstić information content (AvgIpc) is 2.32. The van der Waals surface area contributed by atoms with Crippen LogP contribution in [0.25, 0.3) is 0 Å². The van der Waals surface area contributed by atoms with Crippen molar-refractivity contribution in [2.45, 2.75) is 25.6 Å². The van der Waals surface area contributed by atoms with Crippen molar-refractivity contribution in [2.24, 2.45) is 0 Å². The predicted molar refractivity (Wildman–Crippen MR) is 63.5 cm³/mol. The van der Waals surface area contributed by atoms with Gasteiger partial charge in [-0.25, -0.2) is 4.79 Å². The van der Waals surface area contributed by atoms with Crippen LogP contribution in [0.2, 0.25) is 0 Å². The van der Waals surface area contributed by atoms with Crippen molar-refractivity contribution < 1.29 is 14.6 Å². The first kappa shape index (κ1) is 11.9. The van der Waals surface area contributed by atoms with Crippen molar-refractivity contribution in [3.8, 4) is 0 Å². The molecule has 4 heteroatoms. The Bertz CT molecular complexity index is 378. The van der Waals surface area contributed by atoms with E-state index in [2.05, 4.69) is 0 Å². The highest BCUT2D eigenvalue weighted by atomic mass is 16.6. The normalized spacial score (nSPS) is 22.1. The molecule has 0 spiro atoms. The molecule has 1 heterocycles. The third-order valence-corrected chi connectivity index (χ3v) is 2.82. The molecule has 0 aliphatic carbocycles. The van der Waals surface area contributed by atoms with Crippen molar-refractivity contribution in [1.29, 1.82) is 0 Å². The Kier molecular flexibility index (Phi) is 3.64. The predicted octanol–water partition coefficient (Wildman–Crippen LogP) is 1.95. The van der Waals surface area contributed by atoms with Gasteiger partial charge in [0.05, 0.1) is 6.10 Å². The second-order valence-corrected chi connectivity index (χ2v) is 4.37. The van der Waals surface area contributed by atoms with Gasteiger partial charge in [0.15, 0.2) is 0 Å². The van der Waals surface area contributed by atoms with E-state index in [1.165, 1.54) is 0 Å². The summed E-state index contributed by atoms with van der Waals surface area (Å²) in [7, 11) is 0. The Morgan fingerprint density at radius 3 is 2.76 bits per heavy atom. The monoisotopic (exact) mass is 235 g/mol. The van der Waals surface area contributed by atoms with Gasteiger partial charge in [-0.1, -0.05) is 30.3 Å². The molecule has 1 N–H and O–H groups in total. The van der Waals surface area contributed by atoms with Gasteiger partial charge in [-0.15, -0.1) is 0 Å². The molecule has 92 valence electrons. The van der Waals surface area contributed by atoms with Crippen molar-refractivity contribution >= 4 is 6.09 Å². The molecule has 2 atom stereocenters. The summed E-state index contributed by atoms with van der Waals surface area (Å²) in [5, 5.41) is 9.26. The van der Waals surface area contributed by atoms with Crippen LogP contribution in [0.3, 0.4) is 0 Å². The minimum atomic E-state index is -0.518. The highest BCUT2D eigenvalue weighted by molar-refractivity contribution is 5.68. The fourth-order valence-electron chi connectivity index (χ4n) is 2.01. The molecule has 1 saturated heterocycles. The van der Waals surface area contributed by atoms with E-state index in [-0.39, 0.29) is 12.2 Å². The van der Waals surface area contributed by atoms with Gasteiger partial charge in [0.1, 0.15) is 6.10 Å². The summed E-state index contributed by atoms with van der Waals surface area (Å²) in [4.78, 5) is 13.3. The zero-order chi connectivity index (χ0) is 12.3. The van der Waals surface area contributed by atoms with E-state index in [1.54, 1.807) is 11.8 Å². The molecule has 1 amide bonds. The summed E-state index contributed by atoms with van der Waals surface area (Å²) < 4.78 is 5.36. The second-order valence-electron chi connectivity index (χ2n) is 4.37. The van der Waals surface area contributed by atoms with Crippen molar-refractivity contribution in [1.82, 2.24) is 4.90 Å². The summed E-state index contributed by atoms with van der Waals surface area (Å²) in [6.07, 6.45) is -0.251. The number of aliphatic hydroxyl groups excluding tert-OH is 1. The Hall–Kier alpha value is -1.55. The number of hydrogen-bond donors (Lipinski definition) is 1. The quantitative estimate of drug-likeness (QED) is 0.871. The molecule has 0 radical (unpaired) electrons. The van der Waals surface area contributed by atoms with Crippen LogP contribution in [0.15, 0.2) is 30.3 Å². The van der Waals surface area contributed by atoms with Gasteiger partial charge < -0.3 is 14.7 Å². The lowest BCUT2D eigenvalue weighted by molar-refractivity contribution is 0.0112. The average molecular weight is 235 g/mol. The van der Waals surface area contributed by atoms with Gasteiger partial charge in [0, 0.05) is 19.5 Å². The van der Waals surface area contributed by atoms with E-state index in [0.717, 1.165) is 12.0 Å². The zero-order valence-corrected chi connectivity index (χ0v) is 9.87. The van der Waals surface area contributed by atoms with Crippen molar-refractivity contribution in [3.05, 3.63) is 35.9 Å². The number of benzene rings is 1. The molecule has 1 aliphatic heterocycles. The topological polar surface area (TPSA) is 49.8 Å².